The molecular weight excluding hydrogens is 248 g/mol. The summed E-state index contributed by atoms with van der Waals surface area (Å²) in [4.78, 5) is 0. The van der Waals surface area contributed by atoms with E-state index in [1.165, 1.54) is 0 Å². The van der Waals surface area contributed by atoms with Crippen LogP contribution in [0.4, 0.5) is 0 Å². The van der Waals surface area contributed by atoms with Crippen molar-refractivity contribution in [2.75, 3.05) is 13.2 Å². The molecule has 3 aliphatic rings. The Morgan fingerprint density at radius 3 is 2.42 bits per heavy atom. The maximum Gasteiger partial charge on any atom is 0.163 e. The molecule has 19 heavy (non-hydrogen) atoms. The van der Waals surface area contributed by atoms with E-state index in [1.807, 2.05) is 27.7 Å². The Kier molecular flexibility index (Phi) is 3.01. The maximum absolute atomic E-state index is 9.83. The van der Waals surface area contributed by atoms with Crippen molar-refractivity contribution in [3.8, 4) is 0 Å². The van der Waals surface area contributed by atoms with Crippen LogP contribution < -0.4 is 0 Å². The highest BCUT2D eigenvalue weighted by Gasteiger charge is 2.60. The first-order valence-corrected chi connectivity index (χ1v) is 7.08. The van der Waals surface area contributed by atoms with Crippen molar-refractivity contribution in [2.24, 2.45) is 5.92 Å². The Morgan fingerprint density at radius 2 is 1.84 bits per heavy atom. The molecule has 4 atom stereocenters. The Morgan fingerprint density at radius 1 is 1.11 bits per heavy atom. The molecule has 1 saturated carbocycles. The normalized spacial score (nSPS) is 47.5. The molecule has 2 aliphatic heterocycles. The van der Waals surface area contributed by atoms with E-state index in [9.17, 15) is 5.11 Å². The molecule has 0 aromatic rings. The number of hydrogen-bond acceptors (Lipinski definition) is 5. The molecule has 0 aromatic heterocycles. The van der Waals surface area contributed by atoms with Gasteiger partial charge in [0.05, 0.1) is 25.4 Å². The lowest BCUT2D eigenvalue weighted by Crippen LogP contribution is -2.56. The first kappa shape index (κ1) is 13.8. The lowest BCUT2D eigenvalue weighted by Gasteiger charge is -2.44. The first-order chi connectivity index (χ1) is 8.77. The Bertz CT molecular complexity index is 365. The van der Waals surface area contributed by atoms with Gasteiger partial charge >= 0.3 is 0 Å². The molecule has 0 bridgehead atoms. The molecule has 5 heteroatoms. The SMILES string of the molecule is CC1(C)O[C@H]2[C@@H](CC[C@]3(COC(C)(C)O3)[C@H]2CO)O1. The van der Waals surface area contributed by atoms with Gasteiger partial charge in [-0.1, -0.05) is 0 Å². The smallest absolute Gasteiger partial charge is 0.163 e. The van der Waals surface area contributed by atoms with Crippen LogP contribution in [0.5, 0.6) is 0 Å². The van der Waals surface area contributed by atoms with E-state index < -0.39 is 17.2 Å². The van der Waals surface area contributed by atoms with E-state index in [-0.39, 0.29) is 24.7 Å². The number of hydrogen-bond donors (Lipinski definition) is 1. The van der Waals surface area contributed by atoms with Crippen LogP contribution in [0.2, 0.25) is 0 Å². The summed E-state index contributed by atoms with van der Waals surface area (Å²) in [6.45, 7) is 8.21. The molecule has 3 rings (SSSR count). The maximum atomic E-state index is 9.83. The predicted octanol–water partition coefficient (Wildman–Crippen LogP) is 1.43. The van der Waals surface area contributed by atoms with Gasteiger partial charge < -0.3 is 24.1 Å². The number of aliphatic hydroxyl groups excluding tert-OH is 1. The van der Waals surface area contributed by atoms with Crippen LogP contribution >= 0.6 is 0 Å². The molecule has 5 nitrogen and oxygen atoms in total. The van der Waals surface area contributed by atoms with Crippen LogP contribution in [0.15, 0.2) is 0 Å². The van der Waals surface area contributed by atoms with Gasteiger partial charge in [0.2, 0.25) is 0 Å². The van der Waals surface area contributed by atoms with Crippen LogP contribution in [-0.4, -0.2) is 47.7 Å². The second-order valence-electron chi connectivity index (χ2n) is 6.82. The van der Waals surface area contributed by atoms with Gasteiger partial charge in [-0.15, -0.1) is 0 Å². The van der Waals surface area contributed by atoms with Gasteiger partial charge in [0, 0.05) is 5.92 Å². The van der Waals surface area contributed by atoms with E-state index >= 15 is 0 Å². The van der Waals surface area contributed by atoms with Crippen LogP contribution in [0.3, 0.4) is 0 Å². The summed E-state index contributed by atoms with van der Waals surface area (Å²) in [5.41, 5.74) is -0.441. The van der Waals surface area contributed by atoms with Gasteiger partial charge in [-0.25, -0.2) is 0 Å². The number of fused-ring (bicyclic) bond motifs is 1. The number of ether oxygens (including phenoxy) is 4. The summed E-state index contributed by atoms with van der Waals surface area (Å²) in [7, 11) is 0. The van der Waals surface area contributed by atoms with Crippen molar-refractivity contribution in [1.82, 2.24) is 0 Å². The van der Waals surface area contributed by atoms with Crippen LogP contribution in [0.1, 0.15) is 40.5 Å². The summed E-state index contributed by atoms with van der Waals surface area (Å²) < 4.78 is 23.8. The fraction of sp³-hybridized carbons (Fsp3) is 1.00. The van der Waals surface area contributed by atoms with Crippen molar-refractivity contribution in [3.05, 3.63) is 0 Å². The molecule has 1 aliphatic carbocycles. The third-order valence-corrected chi connectivity index (χ3v) is 4.46. The Balaban J connectivity index is 1.86. The zero-order valence-electron chi connectivity index (χ0n) is 12.1. The lowest BCUT2D eigenvalue weighted by atomic mass is 9.73. The molecule has 2 saturated heterocycles. The Hall–Kier alpha value is -0.200. The molecule has 0 radical (unpaired) electrons. The summed E-state index contributed by atoms with van der Waals surface area (Å²) >= 11 is 0. The monoisotopic (exact) mass is 272 g/mol. The quantitative estimate of drug-likeness (QED) is 0.782. The van der Waals surface area contributed by atoms with Crippen molar-refractivity contribution in [2.45, 2.75) is 69.9 Å². The molecule has 0 aromatic carbocycles. The second kappa shape index (κ2) is 4.15. The zero-order chi connectivity index (χ0) is 13.9. The zero-order valence-corrected chi connectivity index (χ0v) is 12.1. The topological polar surface area (TPSA) is 57.2 Å². The summed E-state index contributed by atoms with van der Waals surface area (Å²) in [5.74, 6) is -1.27. The van der Waals surface area contributed by atoms with Crippen molar-refractivity contribution >= 4 is 0 Å². The molecule has 1 N–H and O–H groups in total. The van der Waals surface area contributed by atoms with E-state index in [1.54, 1.807) is 0 Å². The highest BCUT2D eigenvalue weighted by molar-refractivity contribution is 5.05. The lowest BCUT2D eigenvalue weighted by molar-refractivity contribution is -0.204. The van der Waals surface area contributed by atoms with Gasteiger partial charge in [-0.05, 0) is 40.5 Å². The van der Waals surface area contributed by atoms with E-state index in [2.05, 4.69) is 0 Å². The molecule has 110 valence electrons. The number of aliphatic hydroxyl groups is 1. The highest BCUT2D eigenvalue weighted by atomic mass is 16.8. The molecule has 1 spiro atoms. The fourth-order valence-corrected chi connectivity index (χ4v) is 3.72. The third-order valence-electron chi connectivity index (χ3n) is 4.46. The van der Waals surface area contributed by atoms with E-state index in [0.717, 1.165) is 12.8 Å². The van der Waals surface area contributed by atoms with Crippen LogP contribution in [0.25, 0.3) is 0 Å². The van der Waals surface area contributed by atoms with Gasteiger partial charge in [-0.3, -0.25) is 0 Å². The Labute approximate surface area is 114 Å². The van der Waals surface area contributed by atoms with Crippen molar-refractivity contribution in [3.63, 3.8) is 0 Å². The molecule has 0 amide bonds. The summed E-state index contributed by atoms with van der Waals surface area (Å²) in [6, 6.07) is 0. The standard InChI is InChI=1S/C14H24O5/c1-12(2)16-8-14(19-12)6-5-10-11(9(14)7-15)18-13(3,4)17-10/h9-11,15H,5-8H2,1-4H3/t9-,10+,11+,14-/m0/s1. The van der Waals surface area contributed by atoms with E-state index in [0.29, 0.717) is 6.61 Å². The average molecular weight is 272 g/mol. The molecule has 2 heterocycles. The summed E-state index contributed by atoms with van der Waals surface area (Å²) in [5, 5.41) is 9.83. The fourth-order valence-electron chi connectivity index (χ4n) is 3.72. The molecule has 3 fully saturated rings. The van der Waals surface area contributed by atoms with Gasteiger partial charge in [0.1, 0.15) is 5.60 Å². The minimum atomic E-state index is -0.588. The van der Waals surface area contributed by atoms with Crippen molar-refractivity contribution < 1.29 is 24.1 Å². The van der Waals surface area contributed by atoms with Crippen LogP contribution in [0, 0.1) is 5.92 Å². The first-order valence-electron chi connectivity index (χ1n) is 7.08. The predicted molar refractivity (Wildman–Crippen MR) is 67.5 cm³/mol. The van der Waals surface area contributed by atoms with Gasteiger partial charge in [0.25, 0.3) is 0 Å². The number of rotatable bonds is 1. The third kappa shape index (κ3) is 2.21. The van der Waals surface area contributed by atoms with Gasteiger partial charge in [-0.2, -0.15) is 0 Å². The summed E-state index contributed by atoms with van der Waals surface area (Å²) in [6.07, 6.45) is 1.64. The molecule has 0 unspecified atom stereocenters. The van der Waals surface area contributed by atoms with Crippen LogP contribution in [-0.2, 0) is 18.9 Å². The van der Waals surface area contributed by atoms with E-state index in [4.69, 9.17) is 18.9 Å². The average Bonchev–Trinajstić information content (AvgIpc) is 2.75. The van der Waals surface area contributed by atoms with Crippen molar-refractivity contribution in [1.29, 1.82) is 0 Å². The molecular formula is C14H24O5. The van der Waals surface area contributed by atoms with Gasteiger partial charge in [0.15, 0.2) is 11.6 Å². The highest BCUT2D eigenvalue weighted by Crippen LogP contribution is 2.49. The minimum Gasteiger partial charge on any atom is -0.396 e. The second-order valence-corrected chi connectivity index (χ2v) is 6.82. The minimum absolute atomic E-state index is 0.0278. The largest absolute Gasteiger partial charge is 0.396 e.